The summed E-state index contributed by atoms with van der Waals surface area (Å²) < 4.78 is 5.56. The van der Waals surface area contributed by atoms with Crippen LogP contribution in [0.5, 0.6) is 0 Å². The van der Waals surface area contributed by atoms with Gasteiger partial charge in [-0.15, -0.1) is 0 Å². The number of unbranched alkanes of at least 4 members (excludes halogenated alkanes) is 1. The molecule has 0 saturated heterocycles. The Balaban J connectivity index is 2.30. The van der Waals surface area contributed by atoms with E-state index in [1.807, 2.05) is 7.11 Å². The van der Waals surface area contributed by atoms with Crippen LogP contribution in [0.4, 0.5) is 0 Å². The van der Waals surface area contributed by atoms with Crippen molar-refractivity contribution in [2.24, 2.45) is 17.6 Å². The molecule has 2 heteroatoms. The summed E-state index contributed by atoms with van der Waals surface area (Å²) >= 11 is 0. The molecule has 0 bridgehead atoms. The Morgan fingerprint density at radius 3 is 2.44 bits per heavy atom. The molecule has 1 rings (SSSR count). The Labute approximate surface area is 101 Å². The second-order valence-corrected chi connectivity index (χ2v) is 5.35. The van der Waals surface area contributed by atoms with E-state index in [1.54, 1.807) is 0 Å². The fraction of sp³-hybridized carbons (Fsp3) is 1.00. The molecule has 0 aromatic carbocycles. The van der Waals surface area contributed by atoms with Gasteiger partial charge in [0.25, 0.3) is 0 Å². The van der Waals surface area contributed by atoms with Crippen LogP contribution >= 0.6 is 0 Å². The van der Waals surface area contributed by atoms with Gasteiger partial charge in [-0.1, -0.05) is 39.5 Å². The van der Waals surface area contributed by atoms with Crippen LogP contribution in [0.2, 0.25) is 0 Å². The lowest BCUT2D eigenvalue weighted by atomic mass is 9.89. The molecule has 2 N–H and O–H groups in total. The van der Waals surface area contributed by atoms with Crippen molar-refractivity contribution in [3.8, 4) is 0 Å². The van der Waals surface area contributed by atoms with Crippen LogP contribution in [0.3, 0.4) is 0 Å². The Morgan fingerprint density at radius 1 is 1.31 bits per heavy atom. The monoisotopic (exact) mass is 227 g/mol. The summed E-state index contributed by atoms with van der Waals surface area (Å²) in [7, 11) is 1.82. The third-order valence-corrected chi connectivity index (χ3v) is 3.93. The highest BCUT2D eigenvalue weighted by molar-refractivity contribution is 4.89. The summed E-state index contributed by atoms with van der Waals surface area (Å²) in [5.41, 5.74) is 6.29. The van der Waals surface area contributed by atoms with Gasteiger partial charge in [-0.25, -0.2) is 0 Å². The second-order valence-electron chi connectivity index (χ2n) is 5.35. The average molecular weight is 227 g/mol. The molecule has 1 aliphatic carbocycles. The Bertz CT molecular complexity index is 180. The first kappa shape index (κ1) is 14.0. The van der Waals surface area contributed by atoms with Gasteiger partial charge < -0.3 is 10.5 Å². The van der Waals surface area contributed by atoms with Crippen molar-refractivity contribution in [1.82, 2.24) is 0 Å². The summed E-state index contributed by atoms with van der Waals surface area (Å²) in [5.74, 6) is 1.55. The summed E-state index contributed by atoms with van der Waals surface area (Å²) in [6.07, 6.45) is 9.32. The van der Waals surface area contributed by atoms with Crippen LogP contribution < -0.4 is 5.73 Å². The van der Waals surface area contributed by atoms with Gasteiger partial charge in [-0.05, 0) is 31.1 Å². The molecule has 0 radical (unpaired) electrons. The van der Waals surface area contributed by atoms with Gasteiger partial charge in [0.1, 0.15) is 0 Å². The van der Waals surface area contributed by atoms with Gasteiger partial charge in [0, 0.05) is 13.2 Å². The lowest BCUT2D eigenvalue weighted by molar-refractivity contribution is 0.0545. The first-order chi connectivity index (χ1) is 7.72. The summed E-state index contributed by atoms with van der Waals surface area (Å²) in [5, 5.41) is 0. The highest BCUT2D eigenvalue weighted by Gasteiger charge is 2.35. The molecule has 1 saturated carbocycles. The number of nitrogens with two attached hydrogens (primary N) is 1. The fourth-order valence-corrected chi connectivity index (χ4v) is 2.64. The molecular weight excluding hydrogens is 198 g/mol. The summed E-state index contributed by atoms with van der Waals surface area (Å²) in [4.78, 5) is 0. The van der Waals surface area contributed by atoms with Crippen molar-refractivity contribution in [3.63, 3.8) is 0 Å². The van der Waals surface area contributed by atoms with Crippen molar-refractivity contribution in [3.05, 3.63) is 0 Å². The zero-order valence-electron chi connectivity index (χ0n) is 11.2. The topological polar surface area (TPSA) is 35.2 Å². The van der Waals surface area contributed by atoms with E-state index in [1.165, 1.54) is 38.5 Å². The number of ether oxygens (including phenoxy) is 1. The van der Waals surface area contributed by atoms with E-state index >= 15 is 0 Å². The Hall–Kier alpha value is -0.0800. The van der Waals surface area contributed by atoms with Gasteiger partial charge in [-0.2, -0.15) is 0 Å². The van der Waals surface area contributed by atoms with Gasteiger partial charge >= 0.3 is 0 Å². The molecule has 0 heterocycles. The fourth-order valence-electron chi connectivity index (χ4n) is 2.64. The van der Waals surface area contributed by atoms with E-state index in [9.17, 15) is 0 Å². The summed E-state index contributed by atoms with van der Waals surface area (Å²) in [6, 6.07) is 0.249. The number of methoxy groups -OCH3 is 1. The molecule has 0 amide bonds. The highest BCUT2D eigenvalue weighted by Crippen LogP contribution is 2.36. The van der Waals surface area contributed by atoms with Crippen molar-refractivity contribution in [2.75, 3.05) is 7.11 Å². The van der Waals surface area contributed by atoms with E-state index in [0.29, 0.717) is 6.10 Å². The molecule has 96 valence electrons. The minimum absolute atomic E-state index is 0.249. The quantitative estimate of drug-likeness (QED) is 0.655. The standard InChI is InChI=1S/C14H29NO/c1-4-6-7-11(5-2)10-13(15)14(16-3)12-8-9-12/h11-14H,4-10,15H2,1-3H3. The maximum Gasteiger partial charge on any atom is 0.0750 e. The minimum Gasteiger partial charge on any atom is -0.380 e. The van der Waals surface area contributed by atoms with Crippen molar-refractivity contribution in [2.45, 2.75) is 70.9 Å². The SMILES string of the molecule is CCCCC(CC)CC(N)C(OC)C1CC1. The normalized spacial score (nSPS) is 21.8. The molecule has 0 aromatic rings. The zero-order chi connectivity index (χ0) is 12.0. The molecule has 3 atom stereocenters. The van der Waals surface area contributed by atoms with Crippen LogP contribution in [0, 0.1) is 11.8 Å². The van der Waals surface area contributed by atoms with Crippen molar-refractivity contribution in [1.29, 1.82) is 0 Å². The molecule has 1 aliphatic rings. The average Bonchev–Trinajstić information content (AvgIpc) is 3.09. The number of hydrogen-bond acceptors (Lipinski definition) is 2. The maximum absolute atomic E-state index is 6.29. The molecule has 16 heavy (non-hydrogen) atoms. The lowest BCUT2D eigenvalue weighted by Gasteiger charge is -2.26. The van der Waals surface area contributed by atoms with E-state index in [0.717, 1.165) is 18.3 Å². The molecule has 3 unspecified atom stereocenters. The number of rotatable bonds is 9. The molecule has 0 spiro atoms. The Kier molecular flexibility index (Phi) is 6.37. The summed E-state index contributed by atoms with van der Waals surface area (Å²) in [6.45, 7) is 4.54. The first-order valence-corrected chi connectivity index (χ1v) is 7.01. The largest absolute Gasteiger partial charge is 0.380 e. The number of hydrogen-bond donors (Lipinski definition) is 1. The molecule has 1 fully saturated rings. The lowest BCUT2D eigenvalue weighted by Crippen LogP contribution is -2.39. The third kappa shape index (κ3) is 4.42. The van der Waals surface area contributed by atoms with E-state index < -0.39 is 0 Å². The predicted molar refractivity (Wildman–Crippen MR) is 69.4 cm³/mol. The van der Waals surface area contributed by atoms with Crippen LogP contribution in [0.25, 0.3) is 0 Å². The van der Waals surface area contributed by atoms with Crippen LogP contribution in [0.1, 0.15) is 58.8 Å². The molecule has 2 nitrogen and oxygen atoms in total. The Morgan fingerprint density at radius 2 is 2.00 bits per heavy atom. The predicted octanol–water partition coefficient (Wildman–Crippen LogP) is 3.35. The smallest absolute Gasteiger partial charge is 0.0750 e. The van der Waals surface area contributed by atoms with Crippen LogP contribution in [-0.2, 0) is 4.74 Å². The van der Waals surface area contributed by atoms with Crippen molar-refractivity contribution < 1.29 is 4.74 Å². The van der Waals surface area contributed by atoms with E-state index in [-0.39, 0.29) is 6.04 Å². The van der Waals surface area contributed by atoms with E-state index in [4.69, 9.17) is 10.5 Å². The third-order valence-electron chi connectivity index (χ3n) is 3.93. The van der Waals surface area contributed by atoms with Crippen molar-refractivity contribution >= 4 is 0 Å². The van der Waals surface area contributed by atoms with Gasteiger partial charge in [-0.3, -0.25) is 0 Å². The second kappa shape index (κ2) is 7.29. The zero-order valence-corrected chi connectivity index (χ0v) is 11.2. The molecule has 0 aromatic heterocycles. The van der Waals surface area contributed by atoms with Gasteiger partial charge in [0.15, 0.2) is 0 Å². The van der Waals surface area contributed by atoms with Crippen LogP contribution in [-0.4, -0.2) is 19.3 Å². The molecular formula is C14H29NO. The van der Waals surface area contributed by atoms with Gasteiger partial charge in [0.2, 0.25) is 0 Å². The van der Waals surface area contributed by atoms with Gasteiger partial charge in [0.05, 0.1) is 6.10 Å². The minimum atomic E-state index is 0.249. The van der Waals surface area contributed by atoms with E-state index in [2.05, 4.69) is 13.8 Å². The van der Waals surface area contributed by atoms with Crippen LogP contribution in [0.15, 0.2) is 0 Å². The first-order valence-electron chi connectivity index (χ1n) is 7.01. The molecule has 0 aliphatic heterocycles. The highest BCUT2D eigenvalue weighted by atomic mass is 16.5. The maximum atomic E-state index is 6.29.